The van der Waals surface area contributed by atoms with Gasteiger partial charge in [-0.1, -0.05) is 44.0 Å². The summed E-state index contributed by atoms with van der Waals surface area (Å²) in [6.07, 6.45) is 8.34. The van der Waals surface area contributed by atoms with Crippen molar-refractivity contribution in [3.8, 4) is 0 Å². The van der Waals surface area contributed by atoms with Crippen molar-refractivity contribution in [2.24, 2.45) is 5.41 Å². The molecular formula is C19H25NO. The van der Waals surface area contributed by atoms with E-state index in [1.807, 2.05) is 0 Å². The summed E-state index contributed by atoms with van der Waals surface area (Å²) in [7, 11) is 0. The van der Waals surface area contributed by atoms with Gasteiger partial charge in [-0.3, -0.25) is 4.79 Å². The number of hydrogen-bond acceptors (Lipinski definition) is 2. The molecule has 1 aromatic rings. The van der Waals surface area contributed by atoms with Crippen LogP contribution < -0.4 is 5.32 Å². The van der Waals surface area contributed by atoms with Gasteiger partial charge in [-0.05, 0) is 49.6 Å². The Balaban J connectivity index is 1.82. The van der Waals surface area contributed by atoms with E-state index in [1.165, 1.54) is 17.5 Å². The lowest BCUT2D eigenvalue weighted by Crippen LogP contribution is -2.42. The topological polar surface area (TPSA) is 29.1 Å². The van der Waals surface area contributed by atoms with Crippen LogP contribution in [0.2, 0.25) is 0 Å². The van der Waals surface area contributed by atoms with E-state index in [1.54, 1.807) is 0 Å². The zero-order chi connectivity index (χ0) is 14.7. The highest BCUT2D eigenvalue weighted by molar-refractivity contribution is 6.05. The molecule has 0 radical (unpaired) electrons. The monoisotopic (exact) mass is 283 g/mol. The van der Waals surface area contributed by atoms with E-state index >= 15 is 0 Å². The molecule has 0 spiro atoms. The number of nitrogens with one attached hydrogen (secondary N) is 1. The maximum atomic E-state index is 13.2. The molecule has 1 N–H and O–H groups in total. The van der Waals surface area contributed by atoms with Crippen LogP contribution in [0, 0.1) is 5.41 Å². The van der Waals surface area contributed by atoms with E-state index in [0.717, 1.165) is 50.8 Å². The largest absolute Gasteiger partial charge is 0.317 e. The molecule has 2 aliphatic rings. The summed E-state index contributed by atoms with van der Waals surface area (Å²) in [5.74, 6) is 0.425. The summed E-state index contributed by atoms with van der Waals surface area (Å²) in [5, 5.41) is 3.41. The van der Waals surface area contributed by atoms with Crippen LogP contribution in [0.1, 0.15) is 50.2 Å². The van der Waals surface area contributed by atoms with Crippen LogP contribution in [-0.2, 0) is 11.2 Å². The molecule has 1 fully saturated rings. The molecule has 0 amide bonds. The number of benzene rings is 1. The first-order valence-electron chi connectivity index (χ1n) is 8.29. The average molecular weight is 283 g/mol. The summed E-state index contributed by atoms with van der Waals surface area (Å²) in [4.78, 5) is 13.2. The van der Waals surface area contributed by atoms with Crippen molar-refractivity contribution in [1.82, 2.24) is 5.32 Å². The lowest BCUT2D eigenvalue weighted by Gasteiger charge is -2.36. The molecule has 1 heterocycles. The second kappa shape index (κ2) is 6.15. The number of rotatable bonds is 5. The highest BCUT2D eigenvalue weighted by atomic mass is 16.1. The van der Waals surface area contributed by atoms with Crippen LogP contribution in [0.3, 0.4) is 0 Å². The molecule has 2 nitrogen and oxygen atoms in total. The maximum absolute atomic E-state index is 13.2. The molecule has 0 aromatic heterocycles. The number of carbonyl (C=O) groups excluding carboxylic acids is 1. The second-order valence-corrected chi connectivity index (χ2v) is 6.51. The van der Waals surface area contributed by atoms with Crippen LogP contribution in [0.15, 0.2) is 29.8 Å². The van der Waals surface area contributed by atoms with Gasteiger partial charge in [-0.15, -0.1) is 0 Å². The molecule has 21 heavy (non-hydrogen) atoms. The van der Waals surface area contributed by atoms with Crippen LogP contribution in [0.4, 0.5) is 0 Å². The summed E-state index contributed by atoms with van der Waals surface area (Å²) in [5.41, 5.74) is 3.48. The second-order valence-electron chi connectivity index (χ2n) is 6.51. The van der Waals surface area contributed by atoms with Crippen LogP contribution >= 0.6 is 0 Å². The Hall–Kier alpha value is -1.41. The zero-order valence-electron chi connectivity index (χ0n) is 13.0. The van der Waals surface area contributed by atoms with Gasteiger partial charge in [0.05, 0.1) is 0 Å². The Morgan fingerprint density at radius 3 is 2.71 bits per heavy atom. The molecule has 1 saturated heterocycles. The third-order valence-electron chi connectivity index (χ3n) is 5.11. The first-order valence-corrected chi connectivity index (χ1v) is 8.29. The summed E-state index contributed by atoms with van der Waals surface area (Å²) < 4.78 is 0. The van der Waals surface area contributed by atoms with Crippen molar-refractivity contribution in [2.45, 2.75) is 45.4 Å². The van der Waals surface area contributed by atoms with E-state index in [4.69, 9.17) is 0 Å². The average Bonchev–Trinajstić information content (AvgIpc) is 2.97. The minimum Gasteiger partial charge on any atom is -0.317 e. The minimum absolute atomic E-state index is 0.102. The Morgan fingerprint density at radius 2 is 2.00 bits per heavy atom. The third-order valence-corrected chi connectivity index (χ3v) is 5.11. The SMILES string of the molecule is CCCCC1(C(=O)C2=Cc3ccccc3C2)CCNCC1. The van der Waals surface area contributed by atoms with Gasteiger partial charge in [0.1, 0.15) is 0 Å². The Morgan fingerprint density at radius 1 is 1.24 bits per heavy atom. The van der Waals surface area contributed by atoms with Gasteiger partial charge in [-0.25, -0.2) is 0 Å². The lowest BCUT2D eigenvalue weighted by atomic mass is 9.69. The van der Waals surface area contributed by atoms with Gasteiger partial charge < -0.3 is 5.32 Å². The number of hydrogen-bond donors (Lipinski definition) is 1. The van der Waals surface area contributed by atoms with Gasteiger partial charge in [0.25, 0.3) is 0 Å². The Kier molecular flexibility index (Phi) is 4.25. The Labute approximate surface area is 127 Å². The smallest absolute Gasteiger partial charge is 0.165 e. The maximum Gasteiger partial charge on any atom is 0.165 e. The van der Waals surface area contributed by atoms with Crippen molar-refractivity contribution in [1.29, 1.82) is 0 Å². The fraction of sp³-hybridized carbons (Fsp3) is 0.526. The van der Waals surface area contributed by atoms with E-state index in [-0.39, 0.29) is 5.41 Å². The molecule has 3 rings (SSSR count). The van der Waals surface area contributed by atoms with Gasteiger partial charge in [0.15, 0.2) is 5.78 Å². The first-order chi connectivity index (χ1) is 10.2. The molecular weight excluding hydrogens is 258 g/mol. The number of ketones is 1. The molecule has 1 aliphatic carbocycles. The molecule has 112 valence electrons. The van der Waals surface area contributed by atoms with Crippen LogP contribution in [0.25, 0.3) is 6.08 Å². The van der Waals surface area contributed by atoms with Crippen molar-refractivity contribution < 1.29 is 4.79 Å². The van der Waals surface area contributed by atoms with E-state index in [0.29, 0.717) is 5.78 Å². The van der Waals surface area contributed by atoms with Crippen LogP contribution in [0.5, 0.6) is 0 Å². The minimum atomic E-state index is -0.102. The molecule has 0 saturated carbocycles. The zero-order valence-corrected chi connectivity index (χ0v) is 13.0. The number of fused-ring (bicyclic) bond motifs is 1. The predicted molar refractivity (Wildman–Crippen MR) is 87.2 cm³/mol. The van der Waals surface area contributed by atoms with Gasteiger partial charge in [0.2, 0.25) is 0 Å². The first kappa shape index (κ1) is 14.5. The fourth-order valence-electron chi connectivity index (χ4n) is 3.78. The van der Waals surface area contributed by atoms with E-state index < -0.39 is 0 Å². The summed E-state index contributed by atoms with van der Waals surface area (Å²) in [6.45, 7) is 4.18. The predicted octanol–water partition coefficient (Wildman–Crippen LogP) is 3.76. The molecule has 2 heteroatoms. The highest BCUT2D eigenvalue weighted by Gasteiger charge is 2.40. The van der Waals surface area contributed by atoms with Gasteiger partial charge in [-0.2, -0.15) is 0 Å². The standard InChI is InChI=1S/C19H25NO/c1-2-3-8-19(9-11-20-12-10-19)18(21)17-13-15-6-4-5-7-16(15)14-17/h4-7,13,20H,2-3,8-12,14H2,1H3. The Bertz CT molecular complexity index is 552. The van der Waals surface area contributed by atoms with E-state index in [2.05, 4.69) is 42.6 Å². The van der Waals surface area contributed by atoms with Crippen LogP contribution in [-0.4, -0.2) is 18.9 Å². The van der Waals surface area contributed by atoms with Crippen molar-refractivity contribution in [2.75, 3.05) is 13.1 Å². The number of unbranched alkanes of at least 4 members (excludes halogenated alkanes) is 1. The molecule has 1 aromatic carbocycles. The summed E-state index contributed by atoms with van der Waals surface area (Å²) in [6, 6.07) is 8.39. The number of allylic oxidation sites excluding steroid dienone is 1. The number of Topliss-reactive ketones (excluding diaryl/α,β-unsaturated/α-hetero) is 1. The van der Waals surface area contributed by atoms with Crippen molar-refractivity contribution in [3.63, 3.8) is 0 Å². The molecule has 1 aliphatic heterocycles. The third kappa shape index (κ3) is 2.82. The van der Waals surface area contributed by atoms with Gasteiger partial charge >= 0.3 is 0 Å². The highest BCUT2D eigenvalue weighted by Crippen LogP contribution is 2.40. The van der Waals surface area contributed by atoms with Crippen molar-refractivity contribution in [3.05, 3.63) is 41.0 Å². The lowest BCUT2D eigenvalue weighted by molar-refractivity contribution is -0.126. The molecule has 0 unspecified atom stereocenters. The summed E-state index contributed by atoms with van der Waals surface area (Å²) >= 11 is 0. The fourth-order valence-corrected chi connectivity index (χ4v) is 3.78. The number of carbonyl (C=O) groups is 1. The van der Waals surface area contributed by atoms with Gasteiger partial charge in [0, 0.05) is 17.4 Å². The van der Waals surface area contributed by atoms with Crippen molar-refractivity contribution >= 4 is 11.9 Å². The van der Waals surface area contributed by atoms with E-state index in [9.17, 15) is 4.79 Å². The molecule has 0 atom stereocenters. The quantitative estimate of drug-likeness (QED) is 0.891. The normalized spacial score (nSPS) is 20.0. The number of piperidine rings is 1. The molecule has 0 bridgehead atoms.